The Kier molecular flexibility index (Phi) is 6.21. The van der Waals surface area contributed by atoms with Gasteiger partial charge in [-0.25, -0.2) is 4.39 Å². The van der Waals surface area contributed by atoms with Gasteiger partial charge in [-0.2, -0.15) is 0 Å². The highest BCUT2D eigenvalue weighted by atomic mass is 35.5. The molecule has 1 N–H and O–H groups in total. The van der Waals surface area contributed by atoms with Gasteiger partial charge < -0.3 is 5.32 Å². The molecule has 0 spiro atoms. The minimum Gasteiger partial charge on any atom is -0.381 e. The van der Waals surface area contributed by atoms with Gasteiger partial charge in [0.2, 0.25) is 0 Å². The molecule has 0 saturated heterocycles. The second kappa shape index (κ2) is 8.62. The summed E-state index contributed by atoms with van der Waals surface area (Å²) >= 11 is 5.88. The number of benzene rings is 3. The molecule has 0 aliphatic carbocycles. The standard InChI is InChI=1S/C25H25ClFN/c1-5-25(23-11-10-22(26)14-24(23)27)28-15-21-13-20(9-7-17(21)3)19-8-6-16(2)18(4)12-19/h5-14,28H,15H2,1-4H3/b25-5+. The minimum atomic E-state index is -0.325. The zero-order chi connectivity index (χ0) is 20.3. The lowest BCUT2D eigenvalue weighted by atomic mass is 9.97. The van der Waals surface area contributed by atoms with Crippen LogP contribution in [0.5, 0.6) is 0 Å². The van der Waals surface area contributed by atoms with Gasteiger partial charge in [0.05, 0.1) is 0 Å². The summed E-state index contributed by atoms with van der Waals surface area (Å²) in [5.74, 6) is -0.325. The topological polar surface area (TPSA) is 12.0 Å². The molecular formula is C25H25ClFN. The number of halogens is 2. The average Bonchev–Trinajstić information content (AvgIpc) is 2.67. The molecule has 0 heterocycles. The number of aryl methyl sites for hydroxylation is 3. The van der Waals surface area contributed by atoms with Crippen LogP contribution < -0.4 is 5.32 Å². The second-order valence-electron chi connectivity index (χ2n) is 7.12. The molecule has 0 aromatic heterocycles. The van der Waals surface area contributed by atoms with Gasteiger partial charge in [0.25, 0.3) is 0 Å². The van der Waals surface area contributed by atoms with Crippen LogP contribution in [0.15, 0.2) is 60.7 Å². The van der Waals surface area contributed by atoms with Gasteiger partial charge in [0.1, 0.15) is 5.82 Å². The van der Waals surface area contributed by atoms with Crippen molar-refractivity contribution in [2.24, 2.45) is 0 Å². The summed E-state index contributed by atoms with van der Waals surface area (Å²) in [7, 11) is 0. The number of hydrogen-bond donors (Lipinski definition) is 1. The first-order chi connectivity index (χ1) is 13.4. The molecule has 0 radical (unpaired) electrons. The summed E-state index contributed by atoms with van der Waals surface area (Å²) in [5.41, 5.74) is 8.63. The molecular weight excluding hydrogens is 369 g/mol. The molecule has 0 unspecified atom stereocenters. The SMILES string of the molecule is C/C=C(/NCc1cc(-c2ccc(C)c(C)c2)ccc1C)c1ccc(Cl)cc1F. The summed E-state index contributed by atoms with van der Waals surface area (Å²) < 4.78 is 14.3. The van der Waals surface area contributed by atoms with Crippen molar-refractivity contribution in [2.75, 3.05) is 0 Å². The molecule has 28 heavy (non-hydrogen) atoms. The van der Waals surface area contributed by atoms with E-state index in [0.717, 1.165) is 5.70 Å². The van der Waals surface area contributed by atoms with Crippen molar-refractivity contribution in [3.63, 3.8) is 0 Å². The highest BCUT2D eigenvalue weighted by Gasteiger charge is 2.09. The second-order valence-corrected chi connectivity index (χ2v) is 7.56. The van der Waals surface area contributed by atoms with Crippen molar-refractivity contribution >= 4 is 17.3 Å². The first-order valence-corrected chi connectivity index (χ1v) is 9.79. The van der Waals surface area contributed by atoms with Crippen molar-refractivity contribution in [2.45, 2.75) is 34.2 Å². The number of hydrogen-bond acceptors (Lipinski definition) is 1. The highest BCUT2D eigenvalue weighted by molar-refractivity contribution is 6.30. The molecule has 0 fully saturated rings. The molecule has 3 rings (SSSR count). The first-order valence-electron chi connectivity index (χ1n) is 9.42. The van der Waals surface area contributed by atoms with Crippen molar-refractivity contribution in [3.8, 4) is 11.1 Å². The van der Waals surface area contributed by atoms with Crippen LogP contribution in [0.3, 0.4) is 0 Å². The Labute approximate surface area is 171 Å². The van der Waals surface area contributed by atoms with E-state index in [1.807, 2.05) is 13.0 Å². The zero-order valence-corrected chi connectivity index (χ0v) is 17.5. The van der Waals surface area contributed by atoms with E-state index in [9.17, 15) is 4.39 Å². The van der Waals surface area contributed by atoms with Crippen LogP contribution in [-0.4, -0.2) is 0 Å². The molecule has 3 heteroatoms. The Morgan fingerprint density at radius 3 is 2.21 bits per heavy atom. The molecule has 0 bridgehead atoms. The van der Waals surface area contributed by atoms with Crippen LogP contribution in [0.25, 0.3) is 16.8 Å². The maximum atomic E-state index is 14.3. The summed E-state index contributed by atoms with van der Waals surface area (Å²) in [6.45, 7) is 8.87. The van der Waals surface area contributed by atoms with Gasteiger partial charge in [-0.1, -0.05) is 48.0 Å². The quantitative estimate of drug-likeness (QED) is 0.482. The third-order valence-electron chi connectivity index (χ3n) is 5.17. The lowest BCUT2D eigenvalue weighted by Gasteiger charge is -2.15. The smallest absolute Gasteiger partial charge is 0.133 e. The maximum Gasteiger partial charge on any atom is 0.133 e. The molecule has 1 nitrogen and oxygen atoms in total. The predicted molar refractivity (Wildman–Crippen MR) is 118 cm³/mol. The number of nitrogens with one attached hydrogen (secondary N) is 1. The van der Waals surface area contributed by atoms with Crippen LogP contribution >= 0.6 is 11.6 Å². The van der Waals surface area contributed by atoms with E-state index in [1.54, 1.807) is 12.1 Å². The van der Waals surface area contributed by atoms with E-state index >= 15 is 0 Å². The fourth-order valence-electron chi connectivity index (χ4n) is 3.21. The van der Waals surface area contributed by atoms with Crippen LogP contribution in [-0.2, 0) is 6.54 Å². The van der Waals surface area contributed by atoms with Crippen LogP contribution in [0.2, 0.25) is 5.02 Å². The van der Waals surface area contributed by atoms with Gasteiger partial charge in [-0.3, -0.25) is 0 Å². The van der Waals surface area contributed by atoms with Crippen LogP contribution in [0.1, 0.15) is 34.7 Å². The van der Waals surface area contributed by atoms with Crippen molar-refractivity contribution < 1.29 is 4.39 Å². The Morgan fingerprint density at radius 1 is 0.893 bits per heavy atom. The summed E-state index contributed by atoms with van der Waals surface area (Å²) in [4.78, 5) is 0. The Balaban J connectivity index is 1.84. The fraction of sp³-hybridized carbons (Fsp3) is 0.200. The largest absolute Gasteiger partial charge is 0.381 e. The molecule has 0 atom stereocenters. The lowest BCUT2D eigenvalue weighted by molar-refractivity contribution is 0.621. The predicted octanol–water partition coefficient (Wildman–Crippen LogP) is 7.22. The maximum absolute atomic E-state index is 14.3. The molecule has 3 aromatic carbocycles. The van der Waals surface area contributed by atoms with Crippen LogP contribution in [0, 0.1) is 26.6 Å². The summed E-state index contributed by atoms with van der Waals surface area (Å²) in [6.07, 6.45) is 1.88. The van der Waals surface area contributed by atoms with Crippen molar-refractivity contribution in [3.05, 3.63) is 99.3 Å². The van der Waals surface area contributed by atoms with Gasteiger partial charge in [-0.05, 0) is 85.3 Å². The molecule has 144 valence electrons. The molecule has 0 aliphatic rings. The molecule has 0 aliphatic heterocycles. The molecule has 0 saturated carbocycles. The van der Waals surface area contributed by atoms with E-state index in [4.69, 9.17) is 11.6 Å². The number of rotatable bonds is 5. The first kappa shape index (κ1) is 20.2. The molecule has 3 aromatic rings. The fourth-order valence-corrected chi connectivity index (χ4v) is 3.37. The highest BCUT2D eigenvalue weighted by Crippen LogP contribution is 2.26. The van der Waals surface area contributed by atoms with E-state index in [1.165, 1.54) is 39.4 Å². The number of allylic oxidation sites excluding steroid dienone is 1. The van der Waals surface area contributed by atoms with Crippen LogP contribution in [0.4, 0.5) is 4.39 Å². The van der Waals surface area contributed by atoms with E-state index < -0.39 is 0 Å². The van der Waals surface area contributed by atoms with Crippen molar-refractivity contribution in [1.82, 2.24) is 5.32 Å². The third-order valence-corrected chi connectivity index (χ3v) is 5.40. The lowest BCUT2D eigenvalue weighted by Crippen LogP contribution is -2.13. The van der Waals surface area contributed by atoms with Gasteiger partial charge in [-0.15, -0.1) is 0 Å². The minimum absolute atomic E-state index is 0.325. The normalized spacial score (nSPS) is 11.6. The Bertz CT molecular complexity index is 1040. The summed E-state index contributed by atoms with van der Waals surface area (Å²) in [6, 6.07) is 17.8. The van der Waals surface area contributed by atoms with Crippen molar-refractivity contribution in [1.29, 1.82) is 0 Å². The Morgan fingerprint density at radius 2 is 1.57 bits per heavy atom. The average molecular weight is 394 g/mol. The Hall–Kier alpha value is -2.58. The molecule has 0 amide bonds. The van der Waals surface area contributed by atoms with Gasteiger partial charge in [0.15, 0.2) is 0 Å². The third kappa shape index (κ3) is 4.45. The monoisotopic (exact) mass is 393 g/mol. The van der Waals surface area contributed by atoms with E-state index in [2.05, 4.69) is 62.5 Å². The zero-order valence-electron chi connectivity index (χ0n) is 16.7. The summed E-state index contributed by atoms with van der Waals surface area (Å²) in [5, 5.41) is 3.78. The van der Waals surface area contributed by atoms with E-state index in [-0.39, 0.29) is 5.82 Å². The van der Waals surface area contributed by atoms with Gasteiger partial charge >= 0.3 is 0 Å². The van der Waals surface area contributed by atoms with E-state index in [0.29, 0.717) is 17.1 Å². The van der Waals surface area contributed by atoms with Gasteiger partial charge in [0, 0.05) is 22.8 Å².